The normalized spacial score (nSPS) is 20.9. The van der Waals surface area contributed by atoms with Gasteiger partial charge in [-0.05, 0) is 18.6 Å². The van der Waals surface area contributed by atoms with Gasteiger partial charge in [-0.25, -0.2) is 0 Å². The average Bonchev–Trinajstić information content (AvgIpc) is 3.05. The van der Waals surface area contributed by atoms with E-state index in [1.165, 1.54) is 0 Å². The molecule has 2 amide bonds. The zero-order chi connectivity index (χ0) is 13.7. The summed E-state index contributed by atoms with van der Waals surface area (Å²) in [4.78, 5) is 23.5. The molecule has 1 aliphatic carbocycles. The summed E-state index contributed by atoms with van der Waals surface area (Å²) in [5, 5.41) is 5.50. The van der Waals surface area contributed by atoms with Gasteiger partial charge in [0.15, 0.2) is 0 Å². The van der Waals surface area contributed by atoms with Crippen LogP contribution in [-0.4, -0.2) is 32.1 Å². The Bertz CT molecular complexity index is 430. The Kier molecular flexibility index (Phi) is 4.57. The van der Waals surface area contributed by atoms with Crippen molar-refractivity contribution in [2.24, 2.45) is 11.8 Å². The van der Waals surface area contributed by atoms with Crippen molar-refractivity contribution in [3.63, 3.8) is 0 Å². The lowest BCUT2D eigenvalue weighted by Crippen LogP contribution is -2.31. The molecular formula is C13H18N2O4. The van der Waals surface area contributed by atoms with Crippen molar-refractivity contribution < 1.29 is 18.7 Å². The number of methoxy groups -OCH3 is 1. The highest BCUT2D eigenvalue weighted by Crippen LogP contribution is 2.38. The number of nitrogens with one attached hydrogen (secondary N) is 2. The van der Waals surface area contributed by atoms with Crippen molar-refractivity contribution in [2.45, 2.75) is 13.0 Å². The van der Waals surface area contributed by atoms with E-state index in [4.69, 9.17) is 9.15 Å². The maximum absolute atomic E-state index is 11.8. The van der Waals surface area contributed by atoms with E-state index in [2.05, 4.69) is 10.6 Å². The lowest BCUT2D eigenvalue weighted by molar-refractivity contribution is -0.127. The molecule has 0 radical (unpaired) electrons. The van der Waals surface area contributed by atoms with Crippen LogP contribution in [0.3, 0.4) is 0 Å². The van der Waals surface area contributed by atoms with Crippen LogP contribution in [0.2, 0.25) is 0 Å². The highest BCUT2D eigenvalue weighted by atomic mass is 16.5. The molecule has 1 aliphatic rings. The van der Waals surface area contributed by atoms with Crippen LogP contribution < -0.4 is 10.6 Å². The number of hydrogen-bond donors (Lipinski definition) is 2. The molecule has 1 aromatic rings. The Morgan fingerprint density at radius 2 is 2.11 bits per heavy atom. The molecular weight excluding hydrogens is 248 g/mol. The van der Waals surface area contributed by atoms with Crippen LogP contribution in [0.1, 0.15) is 12.2 Å². The summed E-state index contributed by atoms with van der Waals surface area (Å²) in [7, 11) is 1.58. The molecule has 2 unspecified atom stereocenters. The van der Waals surface area contributed by atoms with Gasteiger partial charge in [0, 0.05) is 13.7 Å². The second-order valence-electron chi connectivity index (χ2n) is 4.53. The first kappa shape index (κ1) is 13.6. The van der Waals surface area contributed by atoms with Crippen molar-refractivity contribution in [1.82, 2.24) is 10.6 Å². The van der Waals surface area contributed by atoms with Gasteiger partial charge in [0.2, 0.25) is 11.8 Å². The number of furan rings is 1. The third kappa shape index (κ3) is 3.82. The van der Waals surface area contributed by atoms with Gasteiger partial charge < -0.3 is 19.8 Å². The monoisotopic (exact) mass is 266 g/mol. The quantitative estimate of drug-likeness (QED) is 0.695. The molecule has 2 rings (SSSR count). The molecule has 0 aromatic carbocycles. The van der Waals surface area contributed by atoms with Gasteiger partial charge in [0.1, 0.15) is 5.76 Å². The number of hydrogen-bond acceptors (Lipinski definition) is 4. The standard InChI is InChI=1S/C13H18N2O4/c1-18-6-4-14-12(16)10-7-11(10)13(17)15-8-9-3-2-5-19-9/h2-3,5,10-11H,4,6-8H2,1H3,(H,14,16)(H,15,17). The molecule has 0 spiro atoms. The summed E-state index contributed by atoms with van der Waals surface area (Å²) in [6.45, 7) is 1.32. The number of ether oxygens (including phenoxy) is 1. The predicted molar refractivity (Wildman–Crippen MR) is 67.0 cm³/mol. The number of rotatable bonds is 7. The molecule has 2 N–H and O–H groups in total. The molecule has 0 saturated heterocycles. The molecule has 1 aromatic heterocycles. The molecule has 19 heavy (non-hydrogen) atoms. The van der Waals surface area contributed by atoms with Crippen LogP contribution in [0.15, 0.2) is 22.8 Å². The van der Waals surface area contributed by atoms with Crippen LogP contribution in [0.5, 0.6) is 0 Å². The van der Waals surface area contributed by atoms with Crippen molar-refractivity contribution in [3.8, 4) is 0 Å². The smallest absolute Gasteiger partial charge is 0.224 e. The fourth-order valence-electron chi connectivity index (χ4n) is 1.90. The lowest BCUT2D eigenvalue weighted by Gasteiger charge is -2.04. The summed E-state index contributed by atoms with van der Waals surface area (Å²) in [6, 6.07) is 3.56. The molecule has 1 heterocycles. The fraction of sp³-hybridized carbons (Fsp3) is 0.538. The second-order valence-corrected chi connectivity index (χ2v) is 4.53. The van der Waals surface area contributed by atoms with Gasteiger partial charge in [-0.2, -0.15) is 0 Å². The first-order valence-electron chi connectivity index (χ1n) is 6.29. The van der Waals surface area contributed by atoms with Crippen molar-refractivity contribution in [1.29, 1.82) is 0 Å². The van der Waals surface area contributed by atoms with Gasteiger partial charge in [0.25, 0.3) is 0 Å². The van der Waals surface area contributed by atoms with Gasteiger partial charge in [-0.1, -0.05) is 0 Å². The van der Waals surface area contributed by atoms with E-state index in [1.807, 2.05) is 0 Å². The van der Waals surface area contributed by atoms with Crippen LogP contribution in [0.4, 0.5) is 0 Å². The first-order chi connectivity index (χ1) is 9.22. The minimum absolute atomic E-state index is 0.0739. The Morgan fingerprint density at radius 3 is 2.74 bits per heavy atom. The van der Waals surface area contributed by atoms with Crippen LogP contribution >= 0.6 is 0 Å². The minimum atomic E-state index is -0.211. The molecule has 0 bridgehead atoms. The highest BCUT2D eigenvalue weighted by Gasteiger charge is 2.47. The molecule has 1 fully saturated rings. The highest BCUT2D eigenvalue weighted by molar-refractivity contribution is 5.92. The van der Waals surface area contributed by atoms with Crippen LogP contribution in [-0.2, 0) is 20.9 Å². The zero-order valence-corrected chi connectivity index (χ0v) is 10.8. The minimum Gasteiger partial charge on any atom is -0.467 e. The number of amides is 2. The summed E-state index contributed by atoms with van der Waals surface area (Å²) in [6.07, 6.45) is 2.17. The summed E-state index contributed by atoms with van der Waals surface area (Å²) in [5.74, 6) is 0.125. The molecule has 1 saturated carbocycles. The van der Waals surface area contributed by atoms with Gasteiger partial charge in [-0.15, -0.1) is 0 Å². The van der Waals surface area contributed by atoms with Crippen molar-refractivity contribution in [3.05, 3.63) is 24.2 Å². The fourth-order valence-corrected chi connectivity index (χ4v) is 1.90. The van der Waals surface area contributed by atoms with E-state index in [0.29, 0.717) is 31.9 Å². The van der Waals surface area contributed by atoms with Gasteiger partial charge in [-0.3, -0.25) is 9.59 Å². The Balaban J connectivity index is 1.67. The molecule has 6 heteroatoms. The summed E-state index contributed by atoms with van der Waals surface area (Å²) in [5.41, 5.74) is 0. The summed E-state index contributed by atoms with van der Waals surface area (Å²) < 4.78 is 9.96. The largest absolute Gasteiger partial charge is 0.467 e. The van der Waals surface area contributed by atoms with Gasteiger partial charge in [0.05, 0.1) is 31.3 Å². The topological polar surface area (TPSA) is 80.6 Å². The number of carbonyl (C=O) groups is 2. The molecule has 2 atom stereocenters. The van der Waals surface area contributed by atoms with E-state index in [9.17, 15) is 9.59 Å². The maximum Gasteiger partial charge on any atom is 0.224 e. The first-order valence-corrected chi connectivity index (χ1v) is 6.29. The summed E-state index contributed by atoms with van der Waals surface area (Å²) >= 11 is 0. The van der Waals surface area contributed by atoms with E-state index in [1.54, 1.807) is 25.5 Å². The van der Waals surface area contributed by atoms with Crippen LogP contribution in [0.25, 0.3) is 0 Å². The molecule has 6 nitrogen and oxygen atoms in total. The lowest BCUT2D eigenvalue weighted by atomic mass is 10.2. The van der Waals surface area contributed by atoms with Gasteiger partial charge >= 0.3 is 0 Å². The average molecular weight is 266 g/mol. The molecule has 0 aliphatic heterocycles. The van der Waals surface area contributed by atoms with E-state index >= 15 is 0 Å². The molecule has 104 valence electrons. The predicted octanol–water partition coefficient (Wildman–Crippen LogP) is 0.295. The third-order valence-corrected chi connectivity index (χ3v) is 3.09. The van der Waals surface area contributed by atoms with E-state index in [0.717, 1.165) is 0 Å². The van der Waals surface area contributed by atoms with E-state index in [-0.39, 0.29) is 23.7 Å². The Hall–Kier alpha value is -1.82. The third-order valence-electron chi connectivity index (χ3n) is 3.09. The Labute approximate surface area is 111 Å². The zero-order valence-electron chi connectivity index (χ0n) is 10.8. The maximum atomic E-state index is 11.8. The van der Waals surface area contributed by atoms with E-state index < -0.39 is 0 Å². The number of carbonyl (C=O) groups excluding carboxylic acids is 2. The SMILES string of the molecule is COCCNC(=O)C1CC1C(=O)NCc1ccco1. The van der Waals surface area contributed by atoms with Crippen molar-refractivity contribution >= 4 is 11.8 Å². The second kappa shape index (κ2) is 6.38. The Morgan fingerprint density at radius 1 is 1.37 bits per heavy atom. The van der Waals surface area contributed by atoms with Crippen LogP contribution in [0, 0.1) is 11.8 Å². The van der Waals surface area contributed by atoms with Crippen molar-refractivity contribution in [2.75, 3.05) is 20.3 Å².